The number of nitrogens with zero attached hydrogens (tertiary/aromatic N) is 1. The summed E-state index contributed by atoms with van der Waals surface area (Å²) in [7, 11) is 0. The van der Waals surface area contributed by atoms with Gasteiger partial charge in [0.25, 0.3) is 0 Å². The van der Waals surface area contributed by atoms with Crippen molar-refractivity contribution in [2.24, 2.45) is 0 Å². The molecule has 0 radical (unpaired) electrons. The first-order valence-electron chi connectivity index (χ1n) is 5.97. The molecule has 0 fully saturated rings. The minimum absolute atomic E-state index is 0.713. The lowest BCUT2D eigenvalue weighted by Gasteiger charge is -2.20. The van der Waals surface area contributed by atoms with Crippen molar-refractivity contribution in [1.29, 1.82) is 0 Å². The van der Waals surface area contributed by atoms with Gasteiger partial charge in [-0.1, -0.05) is 30.7 Å². The van der Waals surface area contributed by atoms with E-state index >= 15 is 0 Å². The van der Waals surface area contributed by atoms with Gasteiger partial charge in [0, 0.05) is 28.7 Å². The van der Waals surface area contributed by atoms with Crippen LogP contribution in [0.3, 0.4) is 0 Å². The van der Waals surface area contributed by atoms with Crippen molar-refractivity contribution in [3.8, 4) is 0 Å². The van der Waals surface area contributed by atoms with Crippen molar-refractivity contribution in [3.05, 3.63) is 51.2 Å². The highest BCUT2D eigenvalue weighted by molar-refractivity contribution is 7.09. The molecular weight excluding hydrogens is 264 g/mol. The molecule has 1 aromatic heterocycles. The lowest BCUT2D eigenvalue weighted by Crippen LogP contribution is -2.22. The molecule has 0 aliphatic carbocycles. The van der Waals surface area contributed by atoms with Crippen molar-refractivity contribution in [2.45, 2.75) is 20.0 Å². The van der Waals surface area contributed by atoms with Gasteiger partial charge in [0.05, 0.1) is 0 Å². The summed E-state index contributed by atoms with van der Waals surface area (Å²) in [5.74, 6) is 0. The van der Waals surface area contributed by atoms with Gasteiger partial charge in [-0.25, -0.2) is 0 Å². The fraction of sp³-hybridized carbons (Fsp3) is 0.286. The van der Waals surface area contributed by atoms with E-state index in [1.165, 1.54) is 4.88 Å². The summed E-state index contributed by atoms with van der Waals surface area (Å²) in [6, 6.07) is 9.98. The molecule has 0 atom stereocenters. The van der Waals surface area contributed by atoms with Crippen LogP contribution in [0.5, 0.6) is 0 Å². The highest BCUT2D eigenvalue weighted by Crippen LogP contribution is 2.22. The van der Waals surface area contributed by atoms with E-state index in [0.29, 0.717) is 5.69 Å². The molecule has 18 heavy (non-hydrogen) atoms. The normalized spacial score (nSPS) is 11.1. The molecule has 0 saturated carbocycles. The van der Waals surface area contributed by atoms with Crippen LogP contribution in [0.2, 0.25) is 5.02 Å². The highest BCUT2D eigenvalue weighted by Gasteiger charge is 2.08. The number of hydrogen-bond acceptors (Lipinski definition) is 3. The van der Waals surface area contributed by atoms with Crippen molar-refractivity contribution in [3.63, 3.8) is 0 Å². The van der Waals surface area contributed by atoms with E-state index in [-0.39, 0.29) is 0 Å². The zero-order valence-electron chi connectivity index (χ0n) is 10.4. The van der Waals surface area contributed by atoms with Gasteiger partial charge < -0.3 is 5.73 Å². The van der Waals surface area contributed by atoms with Gasteiger partial charge in [-0.2, -0.15) is 0 Å². The molecule has 0 aliphatic heterocycles. The van der Waals surface area contributed by atoms with Crippen LogP contribution in [0.25, 0.3) is 0 Å². The Kier molecular flexibility index (Phi) is 4.64. The maximum Gasteiger partial charge on any atom is 0.0471 e. The number of nitrogens with two attached hydrogens (primary N) is 1. The largest absolute Gasteiger partial charge is 0.399 e. The molecule has 0 aliphatic rings. The first kappa shape index (κ1) is 13.4. The predicted octanol–water partition coefficient (Wildman–Crippen LogP) is 4.01. The third-order valence-electron chi connectivity index (χ3n) is 2.88. The van der Waals surface area contributed by atoms with Gasteiger partial charge >= 0.3 is 0 Å². The van der Waals surface area contributed by atoms with Crippen molar-refractivity contribution in [1.82, 2.24) is 4.90 Å². The first-order chi connectivity index (χ1) is 8.69. The third kappa shape index (κ3) is 3.48. The molecule has 2 aromatic rings. The van der Waals surface area contributed by atoms with Crippen molar-refractivity contribution < 1.29 is 0 Å². The van der Waals surface area contributed by atoms with Gasteiger partial charge in [-0.05, 0) is 35.7 Å². The van der Waals surface area contributed by atoms with Crippen LogP contribution >= 0.6 is 22.9 Å². The Bertz CT molecular complexity index is 497. The minimum Gasteiger partial charge on any atom is -0.399 e. The zero-order chi connectivity index (χ0) is 13.0. The Morgan fingerprint density at radius 3 is 2.72 bits per heavy atom. The van der Waals surface area contributed by atoms with E-state index in [1.807, 2.05) is 18.2 Å². The number of hydrogen-bond donors (Lipinski definition) is 1. The molecule has 4 heteroatoms. The second-order valence-electron chi connectivity index (χ2n) is 4.23. The average molecular weight is 281 g/mol. The molecule has 0 unspecified atom stereocenters. The number of halogens is 1. The average Bonchev–Trinajstić information content (AvgIpc) is 2.84. The SMILES string of the molecule is CCN(Cc1cccs1)Cc1ccc(N)cc1Cl. The Hall–Kier alpha value is -1.03. The predicted molar refractivity (Wildman–Crippen MR) is 80.0 cm³/mol. The monoisotopic (exact) mass is 280 g/mol. The summed E-state index contributed by atoms with van der Waals surface area (Å²) >= 11 is 8.00. The Morgan fingerprint density at radius 2 is 2.11 bits per heavy atom. The summed E-state index contributed by atoms with van der Waals surface area (Å²) < 4.78 is 0. The molecule has 0 bridgehead atoms. The van der Waals surface area contributed by atoms with Crippen LogP contribution in [0.1, 0.15) is 17.4 Å². The van der Waals surface area contributed by atoms with Crippen LogP contribution < -0.4 is 5.73 Å². The van der Waals surface area contributed by atoms with Gasteiger partial charge in [-0.3, -0.25) is 4.90 Å². The second kappa shape index (κ2) is 6.23. The number of benzene rings is 1. The van der Waals surface area contributed by atoms with E-state index in [1.54, 1.807) is 11.3 Å². The molecule has 0 amide bonds. The number of anilines is 1. The fourth-order valence-corrected chi connectivity index (χ4v) is 2.83. The van der Waals surface area contributed by atoms with Gasteiger partial charge in [0.1, 0.15) is 0 Å². The van der Waals surface area contributed by atoms with Crippen LogP contribution in [-0.2, 0) is 13.1 Å². The van der Waals surface area contributed by atoms with Crippen LogP contribution in [0.15, 0.2) is 35.7 Å². The minimum atomic E-state index is 0.713. The maximum absolute atomic E-state index is 6.21. The topological polar surface area (TPSA) is 29.3 Å². The molecule has 96 valence electrons. The summed E-state index contributed by atoms with van der Waals surface area (Å²) in [6.45, 7) is 4.99. The highest BCUT2D eigenvalue weighted by atomic mass is 35.5. The molecule has 2 nitrogen and oxygen atoms in total. The summed E-state index contributed by atoms with van der Waals surface area (Å²) in [6.07, 6.45) is 0. The van der Waals surface area contributed by atoms with E-state index in [0.717, 1.165) is 30.2 Å². The van der Waals surface area contributed by atoms with E-state index < -0.39 is 0 Å². The molecule has 2 N–H and O–H groups in total. The third-order valence-corrected chi connectivity index (χ3v) is 4.09. The van der Waals surface area contributed by atoms with E-state index in [4.69, 9.17) is 17.3 Å². The van der Waals surface area contributed by atoms with Gasteiger partial charge in [0.2, 0.25) is 0 Å². The Labute approximate surface area is 117 Å². The molecule has 0 spiro atoms. The maximum atomic E-state index is 6.21. The Morgan fingerprint density at radius 1 is 1.28 bits per heavy atom. The van der Waals surface area contributed by atoms with Crippen LogP contribution in [-0.4, -0.2) is 11.4 Å². The molecule has 1 aromatic carbocycles. The second-order valence-corrected chi connectivity index (χ2v) is 5.67. The standard InChI is InChI=1S/C14H17ClN2S/c1-2-17(10-13-4-3-7-18-13)9-11-5-6-12(16)8-14(11)15/h3-8H,2,9-10,16H2,1H3. The number of nitrogen functional groups attached to an aromatic ring is 1. The molecule has 0 saturated heterocycles. The van der Waals surface area contributed by atoms with E-state index in [2.05, 4.69) is 29.3 Å². The van der Waals surface area contributed by atoms with Crippen LogP contribution in [0.4, 0.5) is 5.69 Å². The van der Waals surface area contributed by atoms with Crippen LogP contribution in [0, 0.1) is 0 Å². The smallest absolute Gasteiger partial charge is 0.0471 e. The summed E-state index contributed by atoms with van der Waals surface area (Å²) in [5, 5.41) is 2.86. The molecule has 1 heterocycles. The first-order valence-corrected chi connectivity index (χ1v) is 7.23. The molecular formula is C14H17ClN2S. The number of thiophene rings is 1. The quantitative estimate of drug-likeness (QED) is 0.839. The van der Waals surface area contributed by atoms with Crippen molar-refractivity contribution >= 4 is 28.6 Å². The molecule has 2 rings (SSSR count). The lowest BCUT2D eigenvalue weighted by atomic mass is 10.2. The van der Waals surface area contributed by atoms with Gasteiger partial charge in [0.15, 0.2) is 0 Å². The van der Waals surface area contributed by atoms with Crippen molar-refractivity contribution in [2.75, 3.05) is 12.3 Å². The summed E-state index contributed by atoms with van der Waals surface area (Å²) in [5.41, 5.74) is 7.55. The lowest BCUT2D eigenvalue weighted by molar-refractivity contribution is 0.274. The van der Waals surface area contributed by atoms with E-state index in [9.17, 15) is 0 Å². The Balaban J connectivity index is 2.05. The zero-order valence-corrected chi connectivity index (χ0v) is 12.0. The summed E-state index contributed by atoms with van der Waals surface area (Å²) in [4.78, 5) is 3.74. The van der Waals surface area contributed by atoms with Gasteiger partial charge in [-0.15, -0.1) is 11.3 Å². The number of rotatable bonds is 5. The fourth-order valence-electron chi connectivity index (χ4n) is 1.84.